The predicted molar refractivity (Wildman–Crippen MR) is 93.1 cm³/mol. The van der Waals surface area contributed by atoms with Gasteiger partial charge in [0.05, 0.1) is 17.6 Å². The Morgan fingerprint density at radius 2 is 1.96 bits per heavy atom. The molecule has 2 aromatic heterocycles. The molecule has 3 aromatic rings. The highest BCUT2D eigenvalue weighted by molar-refractivity contribution is 7.89. The van der Waals surface area contributed by atoms with Crippen molar-refractivity contribution in [3.05, 3.63) is 53.6 Å². The van der Waals surface area contributed by atoms with Crippen LogP contribution in [0.2, 0.25) is 5.02 Å². The van der Waals surface area contributed by atoms with Gasteiger partial charge in [-0.2, -0.15) is 0 Å². The van der Waals surface area contributed by atoms with Gasteiger partial charge in [-0.05, 0) is 36.4 Å². The normalized spacial score (nSPS) is 11.4. The van der Waals surface area contributed by atoms with E-state index in [1.807, 2.05) is 0 Å². The lowest BCUT2D eigenvalue weighted by atomic mass is 10.4. The molecule has 0 amide bonds. The molecule has 142 valence electrons. The Bertz CT molecular complexity index is 999. The number of aromatic nitrogens is 2. The predicted octanol–water partition coefficient (Wildman–Crippen LogP) is 2.39. The van der Waals surface area contributed by atoms with E-state index < -0.39 is 16.0 Å². The maximum absolute atomic E-state index is 12.1. The van der Waals surface area contributed by atoms with E-state index in [4.69, 9.17) is 25.2 Å². The molecule has 0 spiro atoms. The third-order valence-electron chi connectivity index (χ3n) is 3.30. The molecular weight excluding hydrogens is 398 g/mol. The molecule has 9 nitrogen and oxygen atoms in total. The van der Waals surface area contributed by atoms with Gasteiger partial charge < -0.3 is 13.6 Å². The first-order valence-electron chi connectivity index (χ1n) is 7.71. The number of sulfonamides is 1. The minimum atomic E-state index is -3.73. The number of furan rings is 1. The van der Waals surface area contributed by atoms with E-state index in [-0.39, 0.29) is 36.2 Å². The van der Waals surface area contributed by atoms with Gasteiger partial charge in [0.2, 0.25) is 10.0 Å². The van der Waals surface area contributed by atoms with Crippen molar-refractivity contribution in [1.82, 2.24) is 14.9 Å². The summed E-state index contributed by atoms with van der Waals surface area (Å²) in [5.41, 5.74) is 0. The van der Waals surface area contributed by atoms with Gasteiger partial charge in [-0.1, -0.05) is 11.6 Å². The van der Waals surface area contributed by atoms with Crippen molar-refractivity contribution in [3.8, 4) is 11.7 Å². The Hall–Kier alpha value is -2.69. The second kappa shape index (κ2) is 8.33. The maximum atomic E-state index is 12.1. The van der Waals surface area contributed by atoms with Crippen LogP contribution in [0.3, 0.4) is 0 Å². The minimum Gasteiger partial charge on any atom is -0.459 e. The number of esters is 1. The Labute approximate surface area is 159 Å². The zero-order valence-corrected chi connectivity index (χ0v) is 15.4. The molecule has 0 atom stereocenters. The summed E-state index contributed by atoms with van der Waals surface area (Å²) in [5, 5.41) is 7.93. The van der Waals surface area contributed by atoms with Crippen LogP contribution in [0.4, 0.5) is 0 Å². The van der Waals surface area contributed by atoms with Crippen LogP contribution in [0.15, 0.2) is 56.4 Å². The van der Waals surface area contributed by atoms with E-state index in [9.17, 15) is 13.2 Å². The summed E-state index contributed by atoms with van der Waals surface area (Å²) in [6, 6.07) is 8.99. The van der Waals surface area contributed by atoms with Gasteiger partial charge in [0.1, 0.15) is 0 Å². The maximum Gasteiger partial charge on any atom is 0.307 e. The van der Waals surface area contributed by atoms with Crippen molar-refractivity contribution in [2.24, 2.45) is 0 Å². The lowest BCUT2D eigenvalue weighted by Crippen LogP contribution is -2.26. The molecule has 0 aliphatic heterocycles. The summed E-state index contributed by atoms with van der Waals surface area (Å²) in [6.45, 7) is -0.345. The number of ether oxygens (including phenoxy) is 1. The Kier molecular flexibility index (Phi) is 5.89. The molecule has 1 N–H and O–H groups in total. The van der Waals surface area contributed by atoms with Crippen LogP contribution in [0.5, 0.6) is 0 Å². The third-order valence-corrected chi connectivity index (χ3v) is 5.03. The fourth-order valence-corrected chi connectivity index (χ4v) is 3.17. The van der Waals surface area contributed by atoms with Gasteiger partial charge in [0, 0.05) is 11.6 Å². The zero-order chi connectivity index (χ0) is 19.3. The van der Waals surface area contributed by atoms with E-state index in [1.165, 1.54) is 30.5 Å². The molecule has 0 fully saturated rings. The van der Waals surface area contributed by atoms with Crippen molar-refractivity contribution in [2.75, 3.05) is 6.54 Å². The van der Waals surface area contributed by atoms with Gasteiger partial charge in [-0.15, -0.1) is 10.2 Å². The standard InChI is InChI=1S/C16H14ClN3O6S/c17-11-3-5-12(6-4-11)27(22,23)18-8-7-15(21)25-10-14-19-20-16(26-14)13-2-1-9-24-13/h1-6,9,18H,7-8,10H2. The molecule has 1 aromatic carbocycles. The van der Waals surface area contributed by atoms with Gasteiger partial charge in [-0.3, -0.25) is 4.79 Å². The Balaban J connectivity index is 1.44. The van der Waals surface area contributed by atoms with Crippen LogP contribution < -0.4 is 4.72 Å². The van der Waals surface area contributed by atoms with Crippen LogP contribution in [0.1, 0.15) is 12.3 Å². The lowest BCUT2D eigenvalue weighted by molar-refractivity contribution is -0.145. The van der Waals surface area contributed by atoms with Crippen molar-refractivity contribution < 1.29 is 26.8 Å². The highest BCUT2D eigenvalue weighted by atomic mass is 35.5. The molecule has 0 bridgehead atoms. The van der Waals surface area contributed by atoms with Gasteiger partial charge >= 0.3 is 5.97 Å². The fourth-order valence-electron chi connectivity index (χ4n) is 2.01. The minimum absolute atomic E-state index is 0.0524. The van der Waals surface area contributed by atoms with E-state index in [2.05, 4.69) is 14.9 Å². The molecule has 0 unspecified atom stereocenters. The first kappa shape index (κ1) is 19.1. The van der Waals surface area contributed by atoms with Crippen molar-refractivity contribution >= 4 is 27.6 Å². The van der Waals surface area contributed by atoms with Crippen LogP contribution >= 0.6 is 11.6 Å². The molecule has 0 saturated heterocycles. The highest BCUT2D eigenvalue weighted by Crippen LogP contribution is 2.18. The second-order valence-electron chi connectivity index (χ2n) is 5.24. The summed E-state index contributed by atoms with van der Waals surface area (Å²) in [5.74, 6) is 0.0431. The molecular formula is C16H14ClN3O6S. The monoisotopic (exact) mass is 411 g/mol. The molecule has 27 heavy (non-hydrogen) atoms. The fraction of sp³-hybridized carbons (Fsp3) is 0.188. The lowest BCUT2D eigenvalue weighted by Gasteiger charge is -2.06. The van der Waals surface area contributed by atoms with E-state index >= 15 is 0 Å². The number of carbonyl (C=O) groups excluding carboxylic acids is 1. The number of benzene rings is 1. The molecule has 0 radical (unpaired) electrons. The van der Waals surface area contributed by atoms with Crippen LogP contribution in [0.25, 0.3) is 11.7 Å². The molecule has 0 aliphatic rings. The molecule has 2 heterocycles. The van der Waals surface area contributed by atoms with Crippen molar-refractivity contribution in [3.63, 3.8) is 0 Å². The quantitative estimate of drug-likeness (QED) is 0.560. The van der Waals surface area contributed by atoms with Gasteiger partial charge in [0.25, 0.3) is 11.8 Å². The molecule has 3 rings (SSSR count). The number of carbonyl (C=O) groups is 1. The molecule has 0 saturated carbocycles. The summed E-state index contributed by atoms with van der Waals surface area (Å²) in [7, 11) is -3.73. The number of nitrogens with zero attached hydrogens (tertiary/aromatic N) is 2. The molecule has 0 aliphatic carbocycles. The number of nitrogens with one attached hydrogen (secondary N) is 1. The largest absolute Gasteiger partial charge is 0.459 e. The van der Waals surface area contributed by atoms with E-state index in [0.717, 1.165) is 0 Å². The van der Waals surface area contributed by atoms with Crippen molar-refractivity contribution in [1.29, 1.82) is 0 Å². The van der Waals surface area contributed by atoms with E-state index in [1.54, 1.807) is 12.1 Å². The highest BCUT2D eigenvalue weighted by Gasteiger charge is 2.15. The van der Waals surface area contributed by atoms with Crippen LogP contribution in [0, 0.1) is 0 Å². The SMILES string of the molecule is O=C(CCNS(=O)(=O)c1ccc(Cl)cc1)OCc1nnc(-c2ccco2)o1. The summed E-state index contributed by atoms with van der Waals surface area (Å²) in [4.78, 5) is 11.8. The topological polar surface area (TPSA) is 125 Å². The number of hydrogen-bond acceptors (Lipinski definition) is 8. The Morgan fingerprint density at radius 3 is 2.67 bits per heavy atom. The van der Waals surface area contributed by atoms with E-state index in [0.29, 0.717) is 10.8 Å². The zero-order valence-electron chi connectivity index (χ0n) is 13.8. The summed E-state index contributed by atoms with van der Waals surface area (Å²) < 4.78 is 41.8. The van der Waals surface area contributed by atoms with Crippen molar-refractivity contribution in [2.45, 2.75) is 17.9 Å². The average molecular weight is 412 g/mol. The van der Waals surface area contributed by atoms with Crippen LogP contribution in [-0.2, 0) is 26.2 Å². The summed E-state index contributed by atoms with van der Waals surface area (Å²) >= 11 is 5.72. The van der Waals surface area contributed by atoms with Gasteiger partial charge in [0.15, 0.2) is 12.4 Å². The number of halogens is 1. The number of hydrogen-bond donors (Lipinski definition) is 1. The average Bonchev–Trinajstić information content (AvgIpc) is 3.32. The van der Waals surface area contributed by atoms with Crippen LogP contribution in [-0.4, -0.2) is 31.1 Å². The summed E-state index contributed by atoms with van der Waals surface area (Å²) in [6.07, 6.45) is 1.30. The first-order chi connectivity index (χ1) is 12.9. The smallest absolute Gasteiger partial charge is 0.307 e. The Morgan fingerprint density at radius 1 is 1.19 bits per heavy atom. The van der Waals surface area contributed by atoms with Gasteiger partial charge in [-0.25, -0.2) is 13.1 Å². The first-order valence-corrected chi connectivity index (χ1v) is 9.57. The third kappa shape index (κ3) is 5.16. The molecule has 11 heteroatoms. The second-order valence-corrected chi connectivity index (χ2v) is 7.44. The number of rotatable bonds is 8.